The van der Waals surface area contributed by atoms with Crippen LogP contribution in [0, 0.1) is 0 Å². The van der Waals surface area contributed by atoms with Gasteiger partial charge in [-0.05, 0) is 46.4 Å². The molecule has 0 amide bonds. The second-order valence-electron chi connectivity index (χ2n) is 4.98. The van der Waals surface area contributed by atoms with Crippen LogP contribution in [0.25, 0.3) is 22.3 Å². The number of hydrogen-bond donors (Lipinski definition) is 0. The van der Waals surface area contributed by atoms with E-state index in [0.717, 1.165) is 11.6 Å². The predicted molar refractivity (Wildman–Crippen MR) is 91.5 cm³/mol. The van der Waals surface area contributed by atoms with Crippen LogP contribution in [0.1, 0.15) is 23.0 Å². The fraction of sp³-hybridized carbons (Fsp3) is 0.188. The molecule has 0 unspecified atom stereocenters. The maximum absolute atomic E-state index is 13.3. The second kappa shape index (κ2) is 6.72. The van der Waals surface area contributed by atoms with Crippen LogP contribution >= 0.6 is 27.3 Å². The van der Waals surface area contributed by atoms with Gasteiger partial charge in [0.2, 0.25) is 0 Å². The summed E-state index contributed by atoms with van der Waals surface area (Å²) in [4.78, 5) is 19.7. The Kier molecular flexibility index (Phi) is 4.79. The van der Waals surface area contributed by atoms with Crippen molar-refractivity contribution in [3.05, 3.63) is 44.7 Å². The molecule has 0 aliphatic rings. The minimum absolute atomic E-state index is 0.0345. The van der Waals surface area contributed by atoms with Gasteiger partial charge in [-0.15, -0.1) is 0 Å². The number of thiophene rings is 1. The Balaban J connectivity index is 2.25. The Morgan fingerprint density at radius 1 is 1.32 bits per heavy atom. The summed E-state index contributed by atoms with van der Waals surface area (Å²) in [6, 6.07) is 4.50. The van der Waals surface area contributed by atoms with Crippen LogP contribution in [0.4, 0.5) is 13.2 Å². The van der Waals surface area contributed by atoms with Crippen molar-refractivity contribution >= 4 is 44.3 Å². The van der Waals surface area contributed by atoms with E-state index in [-0.39, 0.29) is 12.3 Å². The van der Waals surface area contributed by atoms with Gasteiger partial charge in [0.05, 0.1) is 17.9 Å². The van der Waals surface area contributed by atoms with E-state index >= 15 is 0 Å². The summed E-state index contributed by atoms with van der Waals surface area (Å²) >= 11 is 4.81. The van der Waals surface area contributed by atoms with E-state index in [2.05, 4.69) is 25.9 Å². The summed E-state index contributed by atoms with van der Waals surface area (Å²) < 4.78 is 45.3. The minimum atomic E-state index is -4.80. The summed E-state index contributed by atoms with van der Waals surface area (Å²) in [6.45, 7) is 1.48. The molecule has 3 aromatic heterocycles. The van der Waals surface area contributed by atoms with Gasteiger partial charge in [0.15, 0.2) is 11.3 Å². The van der Waals surface area contributed by atoms with Crippen molar-refractivity contribution in [2.45, 2.75) is 13.1 Å². The Morgan fingerprint density at radius 2 is 2.08 bits per heavy atom. The van der Waals surface area contributed by atoms with Gasteiger partial charge >= 0.3 is 12.1 Å². The lowest BCUT2D eigenvalue weighted by Gasteiger charge is -2.13. The van der Waals surface area contributed by atoms with Crippen molar-refractivity contribution in [3.8, 4) is 11.3 Å². The molecule has 3 rings (SSSR count). The number of rotatable bonds is 3. The number of fused-ring (bicyclic) bond motifs is 1. The lowest BCUT2D eigenvalue weighted by Crippen LogP contribution is -2.17. The van der Waals surface area contributed by atoms with Gasteiger partial charge < -0.3 is 4.74 Å². The highest BCUT2D eigenvalue weighted by Gasteiger charge is 2.38. The molecule has 0 fully saturated rings. The van der Waals surface area contributed by atoms with Crippen LogP contribution in [-0.4, -0.2) is 22.5 Å². The van der Waals surface area contributed by atoms with Crippen molar-refractivity contribution < 1.29 is 22.7 Å². The SMILES string of the molecule is CCOC(=O)c1cc2cc(Br)c(-c3ccsc3)nc2nc1C(F)(F)F. The van der Waals surface area contributed by atoms with Crippen LogP contribution in [0.2, 0.25) is 0 Å². The molecule has 130 valence electrons. The second-order valence-corrected chi connectivity index (χ2v) is 6.61. The zero-order chi connectivity index (χ0) is 18.2. The average molecular weight is 431 g/mol. The minimum Gasteiger partial charge on any atom is -0.462 e. The van der Waals surface area contributed by atoms with Crippen molar-refractivity contribution in [1.29, 1.82) is 0 Å². The maximum Gasteiger partial charge on any atom is 0.434 e. The summed E-state index contributed by atoms with van der Waals surface area (Å²) in [5, 5.41) is 3.98. The molecule has 0 bridgehead atoms. The van der Waals surface area contributed by atoms with E-state index in [4.69, 9.17) is 4.74 Å². The van der Waals surface area contributed by atoms with Crippen LogP contribution in [0.3, 0.4) is 0 Å². The van der Waals surface area contributed by atoms with Crippen LogP contribution in [0.5, 0.6) is 0 Å². The summed E-state index contributed by atoms with van der Waals surface area (Å²) in [5.74, 6) is -1.07. The van der Waals surface area contributed by atoms with Crippen molar-refractivity contribution in [1.82, 2.24) is 9.97 Å². The third-order valence-electron chi connectivity index (χ3n) is 3.32. The highest BCUT2D eigenvalue weighted by atomic mass is 79.9. The molecule has 0 aromatic carbocycles. The first-order valence-electron chi connectivity index (χ1n) is 7.09. The molecule has 0 saturated heterocycles. The molecule has 0 N–H and O–H groups in total. The van der Waals surface area contributed by atoms with Gasteiger partial charge in [-0.3, -0.25) is 0 Å². The van der Waals surface area contributed by atoms with E-state index in [1.54, 1.807) is 12.1 Å². The standard InChI is InChI=1S/C16H10BrF3N2O2S/c1-2-24-15(23)10-5-9-6-11(17)12(8-3-4-25-7-8)21-14(9)22-13(10)16(18,19)20/h3-7H,2H2,1H3. The molecular formula is C16H10BrF3N2O2S. The number of ether oxygens (including phenoxy) is 1. The number of nitrogens with zero attached hydrogens (tertiary/aromatic N) is 2. The number of hydrogen-bond acceptors (Lipinski definition) is 5. The van der Waals surface area contributed by atoms with E-state index in [1.165, 1.54) is 18.3 Å². The zero-order valence-electron chi connectivity index (χ0n) is 12.7. The van der Waals surface area contributed by atoms with Gasteiger partial charge in [-0.2, -0.15) is 24.5 Å². The first-order chi connectivity index (χ1) is 11.8. The Morgan fingerprint density at radius 3 is 2.68 bits per heavy atom. The number of carbonyl (C=O) groups excluding carboxylic acids is 1. The zero-order valence-corrected chi connectivity index (χ0v) is 15.1. The summed E-state index contributed by atoms with van der Waals surface area (Å²) in [7, 11) is 0. The lowest BCUT2D eigenvalue weighted by molar-refractivity contribution is -0.141. The Hall–Kier alpha value is -2.00. The predicted octanol–water partition coefficient (Wildman–Crippen LogP) is 5.32. The van der Waals surface area contributed by atoms with Gasteiger partial charge in [0, 0.05) is 20.8 Å². The molecule has 0 aliphatic carbocycles. The molecule has 0 aliphatic heterocycles. The smallest absolute Gasteiger partial charge is 0.434 e. The number of aromatic nitrogens is 2. The topological polar surface area (TPSA) is 52.1 Å². The van der Waals surface area contributed by atoms with Crippen molar-refractivity contribution in [2.24, 2.45) is 0 Å². The third kappa shape index (κ3) is 3.52. The largest absolute Gasteiger partial charge is 0.462 e. The molecule has 3 aromatic rings. The third-order valence-corrected chi connectivity index (χ3v) is 4.60. The molecule has 3 heterocycles. The normalized spacial score (nSPS) is 11.7. The quantitative estimate of drug-likeness (QED) is 0.527. The lowest BCUT2D eigenvalue weighted by atomic mass is 10.1. The molecule has 0 spiro atoms. The van der Waals surface area contributed by atoms with E-state index in [9.17, 15) is 18.0 Å². The number of carbonyl (C=O) groups is 1. The first-order valence-corrected chi connectivity index (χ1v) is 8.83. The van der Waals surface area contributed by atoms with Crippen LogP contribution in [0.15, 0.2) is 33.4 Å². The fourth-order valence-corrected chi connectivity index (χ4v) is 3.47. The number of esters is 1. The summed E-state index contributed by atoms with van der Waals surface area (Å²) in [6.07, 6.45) is -4.80. The number of halogens is 4. The van der Waals surface area contributed by atoms with Crippen LogP contribution < -0.4 is 0 Å². The fourth-order valence-electron chi connectivity index (χ4n) is 2.26. The molecule has 0 radical (unpaired) electrons. The highest BCUT2D eigenvalue weighted by Crippen LogP contribution is 2.35. The molecular weight excluding hydrogens is 421 g/mol. The van der Waals surface area contributed by atoms with Crippen molar-refractivity contribution in [3.63, 3.8) is 0 Å². The number of alkyl halides is 3. The highest BCUT2D eigenvalue weighted by molar-refractivity contribution is 9.10. The van der Waals surface area contributed by atoms with E-state index in [0.29, 0.717) is 15.6 Å². The molecule has 0 atom stereocenters. The van der Waals surface area contributed by atoms with E-state index in [1.807, 2.05) is 10.8 Å². The van der Waals surface area contributed by atoms with Crippen LogP contribution in [-0.2, 0) is 10.9 Å². The monoisotopic (exact) mass is 430 g/mol. The Bertz CT molecular complexity index is 943. The van der Waals surface area contributed by atoms with E-state index < -0.39 is 23.4 Å². The van der Waals surface area contributed by atoms with Gasteiger partial charge in [-0.1, -0.05) is 0 Å². The van der Waals surface area contributed by atoms with Gasteiger partial charge in [0.1, 0.15) is 0 Å². The van der Waals surface area contributed by atoms with Gasteiger partial charge in [0.25, 0.3) is 0 Å². The number of pyridine rings is 2. The first kappa shape index (κ1) is 17.8. The average Bonchev–Trinajstić information content (AvgIpc) is 3.06. The van der Waals surface area contributed by atoms with Gasteiger partial charge in [-0.25, -0.2) is 14.8 Å². The summed E-state index contributed by atoms with van der Waals surface area (Å²) in [5.41, 5.74) is -0.769. The van der Waals surface area contributed by atoms with Crippen molar-refractivity contribution in [2.75, 3.05) is 6.61 Å². The Labute approximate surface area is 152 Å². The maximum atomic E-state index is 13.3. The molecule has 25 heavy (non-hydrogen) atoms. The molecule has 0 saturated carbocycles. The molecule has 4 nitrogen and oxygen atoms in total. The molecule has 9 heteroatoms.